The van der Waals surface area contributed by atoms with Gasteiger partial charge in [-0.2, -0.15) is 0 Å². The van der Waals surface area contributed by atoms with Crippen molar-refractivity contribution in [3.05, 3.63) is 50.2 Å². The van der Waals surface area contributed by atoms with Gasteiger partial charge in [0, 0.05) is 6.07 Å². The molecule has 1 unspecified atom stereocenters. The van der Waals surface area contributed by atoms with Crippen LogP contribution in [0.25, 0.3) is 0 Å². The van der Waals surface area contributed by atoms with E-state index < -0.39 is 6.09 Å². The Hall–Kier alpha value is -1.92. The van der Waals surface area contributed by atoms with Crippen molar-refractivity contribution in [3.63, 3.8) is 0 Å². The Balaban J connectivity index is 2.24. The van der Waals surface area contributed by atoms with E-state index in [4.69, 9.17) is 27.9 Å². The molecule has 2 N–H and O–H groups in total. The maximum atomic E-state index is 12.0. The van der Waals surface area contributed by atoms with Crippen LogP contribution in [0.3, 0.4) is 0 Å². The predicted molar refractivity (Wildman–Crippen MR) is 86.0 cm³/mol. The molecule has 0 fully saturated rings. The summed E-state index contributed by atoms with van der Waals surface area (Å²) in [7, 11) is 0. The number of benzene rings is 1. The number of hydrogen-bond acceptors (Lipinski definition) is 3. The number of carbonyl (C=O) groups excluding carboxylic acids is 1. The average molecular weight is 344 g/mol. The first-order valence-corrected chi connectivity index (χ1v) is 7.38. The molecule has 0 saturated heterocycles. The Morgan fingerprint density at radius 2 is 2.09 bits per heavy atom. The van der Waals surface area contributed by atoms with Crippen molar-refractivity contribution in [1.29, 1.82) is 0 Å². The normalized spacial score (nSPS) is 12.0. The van der Waals surface area contributed by atoms with Gasteiger partial charge in [0.2, 0.25) is 0 Å². The lowest BCUT2D eigenvalue weighted by Crippen LogP contribution is -2.21. The number of H-pyrrole nitrogens is 1. The van der Waals surface area contributed by atoms with E-state index in [1.165, 1.54) is 10.7 Å². The third-order valence-electron chi connectivity index (χ3n) is 3.07. The van der Waals surface area contributed by atoms with Gasteiger partial charge in [-0.25, -0.2) is 9.48 Å². The summed E-state index contributed by atoms with van der Waals surface area (Å²) in [4.78, 5) is 23.4. The fourth-order valence-corrected chi connectivity index (χ4v) is 2.27. The van der Waals surface area contributed by atoms with Crippen LogP contribution in [-0.2, 0) is 4.74 Å². The number of rotatable bonds is 4. The van der Waals surface area contributed by atoms with Gasteiger partial charge in [0.25, 0.3) is 5.56 Å². The molecule has 6 nitrogen and oxygen atoms in total. The monoisotopic (exact) mass is 343 g/mol. The molecular weight excluding hydrogens is 329 g/mol. The highest BCUT2D eigenvalue weighted by Crippen LogP contribution is 2.26. The van der Waals surface area contributed by atoms with Crippen molar-refractivity contribution in [2.75, 3.05) is 11.9 Å². The highest BCUT2D eigenvalue weighted by atomic mass is 35.5. The van der Waals surface area contributed by atoms with E-state index in [0.717, 1.165) is 5.56 Å². The number of amides is 1. The van der Waals surface area contributed by atoms with Crippen molar-refractivity contribution < 1.29 is 9.53 Å². The second-order valence-corrected chi connectivity index (χ2v) is 5.39. The van der Waals surface area contributed by atoms with E-state index in [-0.39, 0.29) is 24.0 Å². The number of hydrogen-bond donors (Lipinski definition) is 2. The number of nitrogens with zero attached hydrogens (tertiary/aromatic N) is 1. The molecule has 1 atom stereocenters. The van der Waals surface area contributed by atoms with E-state index in [2.05, 4.69) is 10.4 Å². The third kappa shape index (κ3) is 3.64. The zero-order chi connectivity index (χ0) is 16.3. The minimum Gasteiger partial charge on any atom is -0.450 e. The number of aromatic amines is 1. The molecule has 0 spiro atoms. The van der Waals surface area contributed by atoms with Crippen LogP contribution in [0.1, 0.15) is 25.5 Å². The Bertz CT molecular complexity index is 739. The van der Waals surface area contributed by atoms with Crippen LogP contribution in [0.5, 0.6) is 0 Å². The summed E-state index contributed by atoms with van der Waals surface area (Å²) in [6.07, 6.45) is -0.627. The molecule has 0 aliphatic rings. The van der Waals surface area contributed by atoms with Crippen molar-refractivity contribution >= 4 is 35.1 Å². The van der Waals surface area contributed by atoms with Gasteiger partial charge in [0.05, 0.1) is 22.7 Å². The van der Waals surface area contributed by atoms with E-state index in [0.29, 0.717) is 10.0 Å². The second-order valence-electron chi connectivity index (χ2n) is 4.57. The molecule has 1 aromatic carbocycles. The first kappa shape index (κ1) is 16.5. The SMILES string of the molecule is CCOC(=O)Nc1cc(=O)n(C(C)c2ccc(Cl)c(Cl)c2)[nH]1. The molecule has 118 valence electrons. The van der Waals surface area contributed by atoms with Gasteiger partial charge in [0.1, 0.15) is 5.82 Å². The van der Waals surface area contributed by atoms with Gasteiger partial charge in [-0.3, -0.25) is 15.2 Å². The lowest BCUT2D eigenvalue weighted by molar-refractivity contribution is 0.168. The summed E-state index contributed by atoms with van der Waals surface area (Å²) < 4.78 is 6.13. The molecular formula is C14H15Cl2N3O3. The Morgan fingerprint density at radius 1 is 1.36 bits per heavy atom. The molecule has 1 aromatic heterocycles. The summed E-state index contributed by atoms with van der Waals surface area (Å²) in [5.74, 6) is 0.260. The lowest BCUT2D eigenvalue weighted by Gasteiger charge is -2.13. The first-order chi connectivity index (χ1) is 10.4. The molecule has 2 aromatic rings. The summed E-state index contributed by atoms with van der Waals surface area (Å²) in [5.41, 5.74) is 0.520. The Kier molecular flexibility index (Phi) is 5.15. The van der Waals surface area contributed by atoms with Crippen molar-refractivity contribution in [1.82, 2.24) is 9.78 Å². The van der Waals surface area contributed by atoms with Crippen LogP contribution < -0.4 is 10.9 Å². The molecule has 22 heavy (non-hydrogen) atoms. The Labute approximate surface area is 137 Å². The topological polar surface area (TPSA) is 76.1 Å². The fourth-order valence-electron chi connectivity index (χ4n) is 1.96. The number of halogens is 2. The molecule has 1 amide bonds. The summed E-state index contributed by atoms with van der Waals surface area (Å²) in [5, 5.41) is 6.12. The summed E-state index contributed by atoms with van der Waals surface area (Å²) in [6.45, 7) is 3.77. The summed E-state index contributed by atoms with van der Waals surface area (Å²) >= 11 is 11.9. The van der Waals surface area contributed by atoms with Crippen molar-refractivity contribution in [3.8, 4) is 0 Å². The van der Waals surface area contributed by atoms with Crippen LogP contribution in [0.4, 0.5) is 10.6 Å². The smallest absolute Gasteiger partial charge is 0.412 e. The molecule has 0 bridgehead atoms. The van der Waals surface area contributed by atoms with Gasteiger partial charge < -0.3 is 4.74 Å². The third-order valence-corrected chi connectivity index (χ3v) is 3.81. The van der Waals surface area contributed by atoms with Crippen LogP contribution in [0.15, 0.2) is 29.1 Å². The zero-order valence-corrected chi connectivity index (χ0v) is 13.5. The second kappa shape index (κ2) is 6.89. The minimum absolute atomic E-state index is 0.246. The van der Waals surface area contributed by atoms with Gasteiger partial charge >= 0.3 is 6.09 Å². The number of nitrogens with one attached hydrogen (secondary N) is 2. The maximum Gasteiger partial charge on any atom is 0.412 e. The van der Waals surface area contributed by atoms with E-state index in [1.54, 1.807) is 25.1 Å². The van der Waals surface area contributed by atoms with Crippen LogP contribution in [0.2, 0.25) is 10.0 Å². The van der Waals surface area contributed by atoms with Crippen molar-refractivity contribution in [2.45, 2.75) is 19.9 Å². The van der Waals surface area contributed by atoms with E-state index in [9.17, 15) is 9.59 Å². The zero-order valence-electron chi connectivity index (χ0n) is 12.0. The largest absolute Gasteiger partial charge is 0.450 e. The van der Waals surface area contributed by atoms with E-state index in [1.807, 2.05) is 6.92 Å². The van der Waals surface area contributed by atoms with Gasteiger partial charge in [-0.15, -0.1) is 0 Å². The van der Waals surface area contributed by atoms with Crippen LogP contribution in [0, 0.1) is 0 Å². The maximum absolute atomic E-state index is 12.0. The van der Waals surface area contributed by atoms with Crippen LogP contribution in [-0.4, -0.2) is 22.5 Å². The molecule has 0 saturated carbocycles. The molecule has 0 aliphatic heterocycles. The minimum atomic E-state index is -0.627. The molecule has 0 radical (unpaired) electrons. The van der Waals surface area contributed by atoms with Gasteiger partial charge in [0.15, 0.2) is 0 Å². The standard InChI is InChI=1S/C14H15Cl2N3O3/c1-3-22-14(21)17-12-7-13(20)19(18-12)8(2)9-4-5-10(15)11(16)6-9/h4-8,18H,3H2,1-2H3,(H,17,21). The number of anilines is 1. The lowest BCUT2D eigenvalue weighted by atomic mass is 10.1. The fraction of sp³-hybridized carbons (Fsp3) is 0.286. The highest BCUT2D eigenvalue weighted by molar-refractivity contribution is 6.42. The molecule has 8 heteroatoms. The van der Waals surface area contributed by atoms with Crippen molar-refractivity contribution in [2.24, 2.45) is 0 Å². The number of ether oxygens (including phenoxy) is 1. The van der Waals surface area contributed by atoms with E-state index >= 15 is 0 Å². The van der Waals surface area contributed by atoms with Crippen LogP contribution >= 0.6 is 23.2 Å². The average Bonchev–Trinajstić information content (AvgIpc) is 2.82. The number of aromatic nitrogens is 2. The van der Waals surface area contributed by atoms with Gasteiger partial charge in [-0.1, -0.05) is 29.3 Å². The number of carbonyl (C=O) groups is 1. The quantitative estimate of drug-likeness (QED) is 0.889. The Morgan fingerprint density at radius 3 is 2.73 bits per heavy atom. The summed E-state index contributed by atoms with van der Waals surface area (Å²) in [6, 6.07) is 6.12. The molecule has 1 heterocycles. The molecule has 2 rings (SSSR count). The van der Waals surface area contributed by atoms with Gasteiger partial charge in [-0.05, 0) is 31.5 Å². The predicted octanol–water partition coefficient (Wildman–Crippen LogP) is 3.66. The highest BCUT2D eigenvalue weighted by Gasteiger charge is 2.14. The molecule has 0 aliphatic carbocycles. The first-order valence-electron chi connectivity index (χ1n) is 6.62.